The van der Waals surface area contributed by atoms with Crippen molar-refractivity contribution < 1.29 is 9.84 Å². The third-order valence-electron chi connectivity index (χ3n) is 2.43. The van der Waals surface area contributed by atoms with Crippen LogP contribution < -0.4 is 15.8 Å². The minimum Gasteiger partial charge on any atom is -0.495 e. The van der Waals surface area contributed by atoms with E-state index in [1.165, 1.54) is 0 Å². The zero-order valence-corrected chi connectivity index (χ0v) is 10.1. The number of nitrogens with one attached hydrogen (secondary N) is 1. The molecule has 0 aliphatic rings. The molecule has 0 aliphatic heterocycles. The molecule has 1 rings (SSSR count). The van der Waals surface area contributed by atoms with Crippen LogP contribution in [0.3, 0.4) is 0 Å². The zero-order valence-electron chi connectivity index (χ0n) is 10.1. The minimum absolute atomic E-state index is 0.144. The first-order chi connectivity index (χ1) is 7.48. The summed E-state index contributed by atoms with van der Waals surface area (Å²) in [6, 6.07) is 5.54. The Morgan fingerprint density at radius 2 is 2.12 bits per heavy atom. The molecule has 0 saturated heterocycles. The maximum atomic E-state index is 9.13. The number of benzene rings is 1. The zero-order chi connectivity index (χ0) is 12.2. The van der Waals surface area contributed by atoms with Crippen LogP contribution in [0.15, 0.2) is 18.2 Å². The van der Waals surface area contributed by atoms with Crippen molar-refractivity contribution in [3.8, 4) is 5.75 Å². The molecule has 1 aromatic carbocycles. The van der Waals surface area contributed by atoms with E-state index in [2.05, 4.69) is 5.32 Å². The van der Waals surface area contributed by atoms with Gasteiger partial charge in [0.1, 0.15) is 5.75 Å². The fourth-order valence-corrected chi connectivity index (χ4v) is 1.22. The number of nitrogens with two attached hydrogens (primary N) is 1. The summed E-state index contributed by atoms with van der Waals surface area (Å²) < 4.78 is 5.13. The SMILES string of the molecule is COc1cc(NCC(C)(C)CO)ccc1N. The Morgan fingerprint density at radius 1 is 1.44 bits per heavy atom. The minimum atomic E-state index is -0.144. The molecule has 0 atom stereocenters. The summed E-state index contributed by atoms with van der Waals surface area (Å²) >= 11 is 0. The molecule has 4 nitrogen and oxygen atoms in total. The third kappa shape index (κ3) is 3.31. The maximum absolute atomic E-state index is 9.13. The fourth-order valence-electron chi connectivity index (χ4n) is 1.22. The lowest BCUT2D eigenvalue weighted by atomic mass is 9.95. The number of rotatable bonds is 5. The topological polar surface area (TPSA) is 67.5 Å². The first-order valence-corrected chi connectivity index (χ1v) is 5.27. The van der Waals surface area contributed by atoms with E-state index in [0.29, 0.717) is 18.0 Å². The van der Waals surface area contributed by atoms with E-state index in [4.69, 9.17) is 15.6 Å². The summed E-state index contributed by atoms with van der Waals surface area (Å²) in [7, 11) is 1.59. The van der Waals surface area contributed by atoms with E-state index < -0.39 is 0 Å². The highest BCUT2D eigenvalue weighted by Crippen LogP contribution is 2.25. The second-order valence-electron chi connectivity index (χ2n) is 4.63. The number of aliphatic hydroxyl groups is 1. The van der Waals surface area contributed by atoms with Crippen molar-refractivity contribution >= 4 is 11.4 Å². The molecule has 0 radical (unpaired) electrons. The summed E-state index contributed by atoms with van der Waals surface area (Å²) in [4.78, 5) is 0. The molecule has 90 valence electrons. The van der Waals surface area contributed by atoms with Gasteiger partial charge in [-0.15, -0.1) is 0 Å². The van der Waals surface area contributed by atoms with Gasteiger partial charge in [0.2, 0.25) is 0 Å². The Balaban J connectivity index is 2.68. The highest BCUT2D eigenvalue weighted by Gasteiger charge is 2.15. The van der Waals surface area contributed by atoms with Crippen LogP contribution in [0.1, 0.15) is 13.8 Å². The average Bonchev–Trinajstić information content (AvgIpc) is 2.28. The van der Waals surface area contributed by atoms with Crippen LogP contribution in [0.25, 0.3) is 0 Å². The van der Waals surface area contributed by atoms with Crippen molar-refractivity contribution in [2.75, 3.05) is 31.3 Å². The highest BCUT2D eigenvalue weighted by molar-refractivity contribution is 5.61. The van der Waals surface area contributed by atoms with Gasteiger partial charge >= 0.3 is 0 Å². The summed E-state index contributed by atoms with van der Waals surface area (Å²) in [6.45, 7) is 4.83. The largest absolute Gasteiger partial charge is 0.495 e. The van der Waals surface area contributed by atoms with E-state index in [-0.39, 0.29) is 12.0 Å². The quantitative estimate of drug-likeness (QED) is 0.666. The van der Waals surface area contributed by atoms with Gasteiger partial charge in [-0.25, -0.2) is 0 Å². The van der Waals surface area contributed by atoms with Crippen molar-refractivity contribution in [1.29, 1.82) is 0 Å². The van der Waals surface area contributed by atoms with Crippen LogP contribution in [0.2, 0.25) is 0 Å². The number of aliphatic hydroxyl groups excluding tert-OH is 1. The molecule has 0 bridgehead atoms. The van der Waals surface area contributed by atoms with Gasteiger partial charge in [0.05, 0.1) is 12.8 Å². The lowest BCUT2D eigenvalue weighted by Gasteiger charge is -2.22. The Hall–Kier alpha value is -1.42. The summed E-state index contributed by atoms with van der Waals surface area (Å²) in [5.41, 5.74) is 7.13. The monoisotopic (exact) mass is 224 g/mol. The van der Waals surface area contributed by atoms with Crippen LogP contribution in [0, 0.1) is 5.41 Å². The van der Waals surface area contributed by atoms with Gasteiger partial charge in [-0.3, -0.25) is 0 Å². The molecule has 0 unspecified atom stereocenters. The Morgan fingerprint density at radius 3 is 2.69 bits per heavy atom. The highest BCUT2D eigenvalue weighted by atomic mass is 16.5. The Kier molecular flexibility index (Phi) is 4.01. The van der Waals surface area contributed by atoms with E-state index in [0.717, 1.165) is 5.69 Å². The molecule has 0 spiro atoms. The number of hydrogen-bond donors (Lipinski definition) is 3. The number of methoxy groups -OCH3 is 1. The second-order valence-corrected chi connectivity index (χ2v) is 4.63. The third-order valence-corrected chi connectivity index (χ3v) is 2.43. The standard InChI is InChI=1S/C12H20N2O2/c1-12(2,8-15)7-14-9-4-5-10(13)11(6-9)16-3/h4-6,14-15H,7-8,13H2,1-3H3. The fraction of sp³-hybridized carbons (Fsp3) is 0.500. The molecule has 0 fully saturated rings. The first kappa shape index (κ1) is 12.6. The van der Waals surface area contributed by atoms with E-state index in [9.17, 15) is 0 Å². The van der Waals surface area contributed by atoms with Crippen molar-refractivity contribution in [3.63, 3.8) is 0 Å². The molecule has 0 amide bonds. The van der Waals surface area contributed by atoms with E-state index in [1.54, 1.807) is 13.2 Å². The molecule has 0 heterocycles. The van der Waals surface area contributed by atoms with Gasteiger partial charge in [0.15, 0.2) is 0 Å². The van der Waals surface area contributed by atoms with Crippen molar-refractivity contribution in [2.24, 2.45) is 5.41 Å². The van der Waals surface area contributed by atoms with Gasteiger partial charge in [0.25, 0.3) is 0 Å². The first-order valence-electron chi connectivity index (χ1n) is 5.27. The van der Waals surface area contributed by atoms with Gasteiger partial charge in [0, 0.05) is 30.3 Å². The van der Waals surface area contributed by atoms with Gasteiger partial charge < -0.3 is 20.9 Å². The normalized spacial score (nSPS) is 11.2. The molecule has 4 heteroatoms. The van der Waals surface area contributed by atoms with Crippen LogP contribution in [-0.4, -0.2) is 25.4 Å². The predicted molar refractivity (Wildman–Crippen MR) is 66.8 cm³/mol. The number of ether oxygens (including phenoxy) is 1. The Bertz CT molecular complexity index is 351. The number of anilines is 2. The van der Waals surface area contributed by atoms with E-state index in [1.807, 2.05) is 26.0 Å². The van der Waals surface area contributed by atoms with Crippen LogP contribution in [0.5, 0.6) is 5.75 Å². The number of nitrogen functional groups attached to an aromatic ring is 1. The smallest absolute Gasteiger partial charge is 0.143 e. The summed E-state index contributed by atoms with van der Waals surface area (Å²) in [6.07, 6.45) is 0. The lowest BCUT2D eigenvalue weighted by Crippen LogP contribution is -2.26. The molecule has 0 aliphatic carbocycles. The number of hydrogen-bond acceptors (Lipinski definition) is 4. The summed E-state index contributed by atoms with van der Waals surface area (Å²) in [5, 5.41) is 12.4. The van der Waals surface area contributed by atoms with Crippen molar-refractivity contribution in [2.45, 2.75) is 13.8 Å². The van der Waals surface area contributed by atoms with Gasteiger partial charge in [-0.2, -0.15) is 0 Å². The molecule has 16 heavy (non-hydrogen) atoms. The maximum Gasteiger partial charge on any atom is 0.143 e. The van der Waals surface area contributed by atoms with Crippen molar-refractivity contribution in [3.05, 3.63) is 18.2 Å². The molecule has 4 N–H and O–H groups in total. The predicted octanol–water partition coefficient (Wildman–Crippen LogP) is 1.71. The Labute approximate surface area is 96.4 Å². The van der Waals surface area contributed by atoms with Gasteiger partial charge in [-0.05, 0) is 12.1 Å². The van der Waals surface area contributed by atoms with Crippen LogP contribution >= 0.6 is 0 Å². The average molecular weight is 224 g/mol. The molecule has 1 aromatic rings. The molecular formula is C12H20N2O2. The van der Waals surface area contributed by atoms with Gasteiger partial charge in [-0.1, -0.05) is 13.8 Å². The second kappa shape index (κ2) is 5.07. The van der Waals surface area contributed by atoms with Crippen LogP contribution in [0.4, 0.5) is 11.4 Å². The molecule has 0 saturated carbocycles. The van der Waals surface area contributed by atoms with Crippen molar-refractivity contribution in [1.82, 2.24) is 0 Å². The molecule has 0 aromatic heterocycles. The van der Waals surface area contributed by atoms with Crippen LogP contribution in [-0.2, 0) is 0 Å². The lowest BCUT2D eigenvalue weighted by molar-refractivity contribution is 0.171. The van der Waals surface area contributed by atoms with E-state index >= 15 is 0 Å². The summed E-state index contributed by atoms with van der Waals surface area (Å²) in [5.74, 6) is 0.659. The molecular weight excluding hydrogens is 204 g/mol.